The normalized spacial score (nSPS) is 14.4. The van der Waals surface area contributed by atoms with E-state index in [0.717, 1.165) is 5.56 Å². The minimum absolute atomic E-state index is 0.225. The molecule has 3 unspecified atom stereocenters. The van der Waals surface area contributed by atoms with Crippen LogP contribution in [-0.2, 0) is 19.1 Å². The maximum absolute atomic E-state index is 12.2. The van der Waals surface area contributed by atoms with Crippen LogP contribution in [0.1, 0.15) is 32.4 Å². The Bertz CT molecular complexity index is 606. The number of hydrogen-bond acceptors (Lipinski definition) is 4. The van der Waals surface area contributed by atoms with Gasteiger partial charge in [-0.25, -0.2) is 4.79 Å². The summed E-state index contributed by atoms with van der Waals surface area (Å²) in [7, 11) is 0. The number of rotatable bonds is 8. The van der Waals surface area contributed by atoms with Crippen LogP contribution in [0.4, 0.5) is 0 Å². The van der Waals surface area contributed by atoms with E-state index < -0.39 is 24.1 Å². The molecule has 132 valence electrons. The highest BCUT2D eigenvalue weighted by Gasteiger charge is 2.24. The number of hydrogen-bond donors (Lipinski definition) is 1. The monoisotopic (exact) mass is 373 g/mol. The summed E-state index contributed by atoms with van der Waals surface area (Å²) in [6, 6.07) is 4.66. The van der Waals surface area contributed by atoms with E-state index in [-0.39, 0.29) is 12.6 Å². The molecule has 0 aliphatic carbocycles. The van der Waals surface area contributed by atoms with Crippen LogP contribution in [-0.4, -0.2) is 30.7 Å². The summed E-state index contributed by atoms with van der Waals surface area (Å²) in [5, 5.41) is 3.71. The lowest BCUT2D eigenvalue weighted by molar-refractivity contribution is -0.164. The van der Waals surface area contributed by atoms with Crippen molar-refractivity contribution in [3.05, 3.63) is 46.5 Å². The van der Waals surface area contributed by atoms with Crippen LogP contribution >= 0.6 is 23.2 Å². The van der Waals surface area contributed by atoms with Gasteiger partial charge in [-0.15, -0.1) is 6.58 Å². The molecule has 3 atom stereocenters. The molecule has 7 heteroatoms. The van der Waals surface area contributed by atoms with Gasteiger partial charge in [-0.1, -0.05) is 35.3 Å². The zero-order chi connectivity index (χ0) is 18.3. The fraction of sp³-hybridized carbons (Fsp3) is 0.412. The van der Waals surface area contributed by atoms with E-state index in [4.69, 9.17) is 32.7 Å². The molecule has 0 heterocycles. The summed E-state index contributed by atoms with van der Waals surface area (Å²) in [5.41, 5.74) is 0.718. The molecule has 0 aliphatic rings. The topological polar surface area (TPSA) is 64.6 Å². The van der Waals surface area contributed by atoms with Gasteiger partial charge >= 0.3 is 5.97 Å². The van der Waals surface area contributed by atoms with E-state index in [9.17, 15) is 9.59 Å². The molecule has 1 aromatic carbocycles. The third-order valence-corrected chi connectivity index (χ3v) is 3.81. The Hall–Kier alpha value is -1.56. The summed E-state index contributed by atoms with van der Waals surface area (Å²) in [6.07, 6.45) is -0.209. The van der Waals surface area contributed by atoms with Crippen molar-refractivity contribution in [2.24, 2.45) is 0 Å². The fourth-order valence-corrected chi connectivity index (χ4v) is 2.44. The van der Waals surface area contributed by atoms with Crippen LogP contribution < -0.4 is 5.32 Å². The molecule has 0 aliphatic heterocycles. The summed E-state index contributed by atoms with van der Waals surface area (Å²) in [4.78, 5) is 24.0. The first-order valence-corrected chi connectivity index (χ1v) is 8.20. The largest absolute Gasteiger partial charge is 0.451 e. The smallest absolute Gasteiger partial charge is 0.335 e. The highest BCUT2D eigenvalue weighted by Crippen LogP contribution is 2.26. The highest BCUT2D eigenvalue weighted by atomic mass is 35.5. The molecule has 1 amide bonds. The SMILES string of the molecule is C=CCOC(C)C(=O)OC(C)C(=O)NC(C)c1ccc(Cl)cc1Cl. The zero-order valence-electron chi connectivity index (χ0n) is 13.8. The van der Waals surface area contributed by atoms with Crippen molar-refractivity contribution < 1.29 is 19.1 Å². The number of carbonyl (C=O) groups is 2. The second kappa shape index (κ2) is 9.67. The predicted molar refractivity (Wildman–Crippen MR) is 94.2 cm³/mol. The molecule has 0 spiro atoms. The van der Waals surface area contributed by atoms with E-state index in [1.54, 1.807) is 32.0 Å². The molecular weight excluding hydrogens is 353 g/mol. The summed E-state index contributed by atoms with van der Waals surface area (Å²) >= 11 is 12.0. The third kappa shape index (κ3) is 6.15. The second-order valence-electron chi connectivity index (χ2n) is 5.24. The van der Waals surface area contributed by atoms with E-state index in [2.05, 4.69) is 11.9 Å². The van der Waals surface area contributed by atoms with Gasteiger partial charge in [0.15, 0.2) is 12.2 Å². The van der Waals surface area contributed by atoms with Crippen LogP contribution in [0.2, 0.25) is 10.0 Å². The summed E-state index contributed by atoms with van der Waals surface area (Å²) in [5.74, 6) is -1.05. The minimum Gasteiger partial charge on any atom is -0.451 e. The lowest BCUT2D eigenvalue weighted by atomic mass is 10.1. The van der Waals surface area contributed by atoms with Crippen molar-refractivity contribution in [2.75, 3.05) is 6.61 Å². The molecule has 0 bridgehead atoms. The second-order valence-corrected chi connectivity index (χ2v) is 6.08. The molecule has 0 aromatic heterocycles. The molecule has 1 aromatic rings. The Kier molecular flexibility index (Phi) is 8.25. The first-order chi connectivity index (χ1) is 11.3. The Morgan fingerprint density at radius 3 is 2.50 bits per heavy atom. The van der Waals surface area contributed by atoms with Gasteiger partial charge in [0.2, 0.25) is 0 Å². The summed E-state index contributed by atoms with van der Waals surface area (Å²) in [6.45, 7) is 8.53. The van der Waals surface area contributed by atoms with Crippen LogP contribution in [0, 0.1) is 0 Å². The van der Waals surface area contributed by atoms with E-state index >= 15 is 0 Å². The molecule has 0 fully saturated rings. The number of amides is 1. The molecule has 5 nitrogen and oxygen atoms in total. The predicted octanol–water partition coefficient (Wildman–Crippen LogP) is 3.69. The zero-order valence-corrected chi connectivity index (χ0v) is 15.4. The molecule has 0 saturated carbocycles. The van der Waals surface area contributed by atoms with Gasteiger partial charge in [0, 0.05) is 10.0 Å². The van der Waals surface area contributed by atoms with Gasteiger partial charge < -0.3 is 14.8 Å². The number of halogens is 2. The van der Waals surface area contributed by atoms with Gasteiger partial charge in [0.05, 0.1) is 12.6 Å². The number of carbonyl (C=O) groups excluding carboxylic acids is 2. The van der Waals surface area contributed by atoms with Crippen LogP contribution in [0.25, 0.3) is 0 Å². The van der Waals surface area contributed by atoms with Crippen molar-refractivity contribution in [3.63, 3.8) is 0 Å². The quantitative estimate of drug-likeness (QED) is 0.557. The first-order valence-electron chi connectivity index (χ1n) is 7.44. The Morgan fingerprint density at radius 2 is 1.92 bits per heavy atom. The summed E-state index contributed by atoms with van der Waals surface area (Å²) < 4.78 is 10.2. The van der Waals surface area contributed by atoms with Crippen LogP contribution in [0.3, 0.4) is 0 Å². The van der Waals surface area contributed by atoms with Crippen molar-refractivity contribution in [1.82, 2.24) is 5.32 Å². The number of ether oxygens (including phenoxy) is 2. The molecule has 0 saturated heterocycles. The van der Waals surface area contributed by atoms with E-state index in [1.165, 1.54) is 13.0 Å². The molecule has 1 rings (SSSR count). The van der Waals surface area contributed by atoms with E-state index in [0.29, 0.717) is 10.0 Å². The number of nitrogens with one attached hydrogen (secondary N) is 1. The number of benzene rings is 1. The third-order valence-electron chi connectivity index (χ3n) is 3.25. The average molecular weight is 374 g/mol. The number of esters is 1. The lowest BCUT2D eigenvalue weighted by Crippen LogP contribution is -2.39. The molecule has 24 heavy (non-hydrogen) atoms. The van der Waals surface area contributed by atoms with Gasteiger partial charge in [-0.05, 0) is 38.5 Å². The van der Waals surface area contributed by atoms with Gasteiger partial charge in [-0.3, -0.25) is 4.79 Å². The Balaban J connectivity index is 2.59. The lowest BCUT2D eigenvalue weighted by Gasteiger charge is -2.20. The van der Waals surface area contributed by atoms with Crippen molar-refractivity contribution >= 4 is 35.1 Å². The molecular formula is C17H21Cl2NO4. The minimum atomic E-state index is -0.958. The van der Waals surface area contributed by atoms with E-state index in [1.807, 2.05) is 0 Å². The standard InChI is InChI=1S/C17H21Cl2NO4/c1-5-8-23-12(4)17(22)24-11(3)16(21)20-10(2)14-7-6-13(18)9-15(14)19/h5-7,9-12H,1,8H2,2-4H3,(H,20,21). The average Bonchev–Trinajstić information content (AvgIpc) is 2.51. The van der Waals surface area contributed by atoms with Crippen LogP contribution in [0.15, 0.2) is 30.9 Å². The van der Waals surface area contributed by atoms with Crippen molar-refractivity contribution in [1.29, 1.82) is 0 Å². The molecule has 1 N–H and O–H groups in total. The van der Waals surface area contributed by atoms with Gasteiger partial charge in [-0.2, -0.15) is 0 Å². The Labute approximate surface area is 151 Å². The first kappa shape index (κ1) is 20.5. The molecule has 0 radical (unpaired) electrons. The van der Waals surface area contributed by atoms with Gasteiger partial charge in [0.25, 0.3) is 5.91 Å². The van der Waals surface area contributed by atoms with Crippen molar-refractivity contribution in [2.45, 2.75) is 39.0 Å². The van der Waals surface area contributed by atoms with Crippen LogP contribution in [0.5, 0.6) is 0 Å². The maximum atomic E-state index is 12.2. The van der Waals surface area contributed by atoms with Crippen molar-refractivity contribution in [3.8, 4) is 0 Å². The fourth-order valence-electron chi connectivity index (χ4n) is 1.87. The van der Waals surface area contributed by atoms with Gasteiger partial charge in [0.1, 0.15) is 0 Å². The maximum Gasteiger partial charge on any atom is 0.335 e. The Morgan fingerprint density at radius 1 is 1.25 bits per heavy atom. The highest BCUT2D eigenvalue weighted by molar-refractivity contribution is 6.35.